The fourth-order valence-electron chi connectivity index (χ4n) is 5.96. The van der Waals surface area contributed by atoms with Crippen LogP contribution < -0.4 is 0 Å². The van der Waals surface area contributed by atoms with E-state index in [4.69, 9.17) is 14.2 Å². The van der Waals surface area contributed by atoms with E-state index in [0.29, 0.717) is 19.3 Å². The number of carbonyl (C=O) groups excluding carboxylic acids is 3. The molecule has 0 aromatic heterocycles. The van der Waals surface area contributed by atoms with Crippen LogP contribution in [0.25, 0.3) is 0 Å². The zero-order chi connectivity index (χ0) is 39.4. The summed E-state index contributed by atoms with van der Waals surface area (Å²) in [7, 11) is 0. The predicted molar refractivity (Wildman–Crippen MR) is 228 cm³/mol. The molecule has 0 saturated heterocycles. The highest BCUT2D eigenvalue weighted by Crippen LogP contribution is 2.14. The summed E-state index contributed by atoms with van der Waals surface area (Å²) >= 11 is 0. The molecule has 0 amide bonds. The van der Waals surface area contributed by atoms with Crippen molar-refractivity contribution in [2.45, 2.75) is 213 Å². The van der Waals surface area contributed by atoms with Crippen LogP contribution in [0.5, 0.6) is 0 Å². The highest BCUT2D eigenvalue weighted by atomic mass is 16.6. The second-order valence-electron chi connectivity index (χ2n) is 14.7. The normalized spacial score (nSPS) is 12.6. The molecule has 0 heterocycles. The maximum atomic E-state index is 12.7. The van der Waals surface area contributed by atoms with E-state index in [-0.39, 0.29) is 31.1 Å². The van der Waals surface area contributed by atoms with E-state index in [9.17, 15) is 14.4 Å². The molecule has 310 valence electrons. The zero-order valence-electron chi connectivity index (χ0n) is 35.2. The number of hydrogen-bond acceptors (Lipinski definition) is 6. The van der Waals surface area contributed by atoms with Crippen molar-refractivity contribution < 1.29 is 28.6 Å². The number of hydrogen-bond donors (Lipinski definition) is 0. The largest absolute Gasteiger partial charge is 0.462 e. The van der Waals surface area contributed by atoms with Crippen LogP contribution in [0.15, 0.2) is 60.8 Å². The van der Waals surface area contributed by atoms with E-state index in [0.717, 1.165) is 103 Å². The summed E-state index contributed by atoms with van der Waals surface area (Å²) in [5.41, 5.74) is 0. The minimum Gasteiger partial charge on any atom is -0.462 e. The molecule has 0 aliphatic carbocycles. The molecule has 0 spiro atoms. The van der Waals surface area contributed by atoms with E-state index in [1.165, 1.54) is 64.2 Å². The highest BCUT2D eigenvalue weighted by Gasteiger charge is 2.19. The zero-order valence-corrected chi connectivity index (χ0v) is 35.2. The van der Waals surface area contributed by atoms with E-state index in [2.05, 4.69) is 63.3 Å². The third kappa shape index (κ3) is 40.3. The number of rotatable bonds is 39. The van der Waals surface area contributed by atoms with Gasteiger partial charge in [0.15, 0.2) is 6.10 Å². The molecule has 0 aromatic carbocycles. The van der Waals surface area contributed by atoms with Crippen LogP contribution in [0, 0.1) is 0 Å². The van der Waals surface area contributed by atoms with E-state index in [1.54, 1.807) is 0 Å². The van der Waals surface area contributed by atoms with Crippen LogP contribution in [0.1, 0.15) is 207 Å². The topological polar surface area (TPSA) is 78.9 Å². The number of carbonyl (C=O) groups is 3. The summed E-state index contributed by atoms with van der Waals surface area (Å²) in [4.78, 5) is 37.7. The second kappa shape index (κ2) is 42.8. The van der Waals surface area contributed by atoms with Gasteiger partial charge in [-0.25, -0.2) is 0 Å². The molecule has 0 N–H and O–H groups in total. The lowest BCUT2D eigenvalue weighted by Crippen LogP contribution is -2.30. The first kappa shape index (κ1) is 51.1. The van der Waals surface area contributed by atoms with E-state index >= 15 is 0 Å². The molecule has 6 heteroatoms. The minimum atomic E-state index is -0.783. The minimum absolute atomic E-state index is 0.0874. The summed E-state index contributed by atoms with van der Waals surface area (Å²) in [6, 6.07) is 0. The summed E-state index contributed by atoms with van der Waals surface area (Å²) in [6.45, 7) is 6.40. The van der Waals surface area contributed by atoms with Gasteiger partial charge in [0.2, 0.25) is 0 Å². The van der Waals surface area contributed by atoms with Crippen LogP contribution in [-0.4, -0.2) is 37.2 Å². The Morgan fingerprint density at radius 3 is 1.24 bits per heavy atom. The lowest BCUT2D eigenvalue weighted by Gasteiger charge is -2.18. The molecule has 0 aliphatic rings. The van der Waals surface area contributed by atoms with Crippen LogP contribution >= 0.6 is 0 Å². The van der Waals surface area contributed by atoms with Crippen molar-refractivity contribution in [1.29, 1.82) is 0 Å². The van der Waals surface area contributed by atoms with Gasteiger partial charge in [0.25, 0.3) is 0 Å². The Morgan fingerprint density at radius 2 is 0.759 bits per heavy atom. The van der Waals surface area contributed by atoms with Gasteiger partial charge in [-0.15, -0.1) is 0 Å². The third-order valence-corrected chi connectivity index (χ3v) is 9.35. The van der Waals surface area contributed by atoms with Gasteiger partial charge in [0.1, 0.15) is 13.2 Å². The standard InChI is InChI=1S/C48H82O6/c1-4-7-10-13-16-19-22-23-24-25-27-29-32-35-38-41-47(50)53-44-45(43-52-46(49)40-37-34-31-28-21-18-15-12-9-6-3)54-48(51)42-39-36-33-30-26-20-17-14-11-8-5-2/h7,10,13,15-16,18-19,22-24,45H,4-6,8-9,11-12,14,17,20-21,25-44H2,1-3H3/b10-7-,16-13-,18-15-,22-19-,24-23-. The van der Waals surface area contributed by atoms with Gasteiger partial charge >= 0.3 is 17.9 Å². The van der Waals surface area contributed by atoms with E-state index in [1.807, 2.05) is 18.2 Å². The summed E-state index contributed by atoms with van der Waals surface area (Å²) in [6.07, 6.45) is 50.6. The average molecular weight is 755 g/mol. The van der Waals surface area contributed by atoms with Crippen molar-refractivity contribution in [3.8, 4) is 0 Å². The van der Waals surface area contributed by atoms with Crippen molar-refractivity contribution in [1.82, 2.24) is 0 Å². The highest BCUT2D eigenvalue weighted by molar-refractivity contribution is 5.71. The molecule has 0 aliphatic heterocycles. The van der Waals surface area contributed by atoms with Crippen LogP contribution in [0.3, 0.4) is 0 Å². The average Bonchev–Trinajstić information content (AvgIpc) is 3.17. The quantitative estimate of drug-likeness (QED) is 0.0204. The number of ether oxygens (including phenoxy) is 3. The Bertz CT molecular complexity index is 1010. The van der Waals surface area contributed by atoms with Crippen LogP contribution in [-0.2, 0) is 28.6 Å². The maximum absolute atomic E-state index is 12.7. The predicted octanol–water partition coefficient (Wildman–Crippen LogP) is 14.1. The number of unbranched alkanes of at least 4 members (excludes halogenated alkanes) is 21. The Balaban J connectivity index is 4.42. The van der Waals surface area contributed by atoms with Crippen LogP contribution in [0.2, 0.25) is 0 Å². The van der Waals surface area contributed by atoms with Crippen LogP contribution in [0.4, 0.5) is 0 Å². The van der Waals surface area contributed by atoms with Gasteiger partial charge in [0, 0.05) is 19.3 Å². The molecule has 0 saturated carbocycles. The summed E-state index contributed by atoms with van der Waals surface area (Å²) in [5.74, 6) is -0.928. The van der Waals surface area contributed by atoms with Gasteiger partial charge in [-0.3, -0.25) is 14.4 Å². The molecule has 0 rings (SSSR count). The second-order valence-corrected chi connectivity index (χ2v) is 14.7. The van der Waals surface area contributed by atoms with Gasteiger partial charge in [-0.1, -0.05) is 191 Å². The molecule has 0 radical (unpaired) electrons. The van der Waals surface area contributed by atoms with Crippen molar-refractivity contribution in [2.75, 3.05) is 13.2 Å². The molecule has 0 bridgehead atoms. The number of esters is 3. The Hall–Kier alpha value is -2.89. The monoisotopic (exact) mass is 755 g/mol. The van der Waals surface area contributed by atoms with Gasteiger partial charge < -0.3 is 14.2 Å². The fourth-order valence-corrected chi connectivity index (χ4v) is 5.96. The molecule has 1 atom stereocenters. The Morgan fingerprint density at radius 1 is 0.389 bits per heavy atom. The fraction of sp³-hybridized carbons (Fsp3) is 0.729. The van der Waals surface area contributed by atoms with Crippen molar-refractivity contribution in [3.63, 3.8) is 0 Å². The van der Waals surface area contributed by atoms with E-state index < -0.39 is 6.10 Å². The first-order chi connectivity index (χ1) is 26.5. The first-order valence-corrected chi connectivity index (χ1v) is 22.3. The maximum Gasteiger partial charge on any atom is 0.306 e. The lowest BCUT2D eigenvalue weighted by molar-refractivity contribution is -0.167. The lowest BCUT2D eigenvalue weighted by atomic mass is 10.1. The van der Waals surface area contributed by atoms with Crippen molar-refractivity contribution >= 4 is 17.9 Å². The molecule has 0 fully saturated rings. The summed E-state index contributed by atoms with van der Waals surface area (Å²) < 4.78 is 16.7. The molecule has 54 heavy (non-hydrogen) atoms. The Kier molecular flexibility index (Phi) is 40.6. The molecule has 1 unspecified atom stereocenters. The molecular weight excluding hydrogens is 673 g/mol. The smallest absolute Gasteiger partial charge is 0.306 e. The Labute approximate surface area is 332 Å². The first-order valence-electron chi connectivity index (χ1n) is 22.3. The summed E-state index contributed by atoms with van der Waals surface area (Å²) in [5, 5.41) is 0. The molecule has 6 nitrogen and oxygen atoms in total. The molecule has 0 aromatic rings. The molecular formula is C48H82O6. The van der Waals surface area contributed by atoms with Gasteiger partial charge in [0.05, 0.1) is 0 Å². The van der Waals surface area contributed by atoms with Gasteiger partial charge in [-0.2, -0.15) is 0 Å². The van der Waals surface area contributed by atoms with Gasteiger partial charge in [-0.05, 0) is 57.8 Å². The third-order valence-electron chi connectivity index (χ3n) is 9.35. The SMILES string of the molecule is CC\C=C/C=C\C=C/C=C\CCCCCCCC(=O)OCC(COC(=O)CCCCCC/C=C\CCCC)OC(=O)CCCCCCCCCCCCC. The van der Waals surface area contributed by atoms with Crippen molar-refractivity contribution in [2.24, 2.45) is 0 Å². The van der Waals surface area contributed by atoms with Crippen molar-refractivity contribution in [3.05, 3.63) is 60.8 Å². The number of allylic oxidation sites excluding steroid dienone is 10.